The van der Waals surface area contributed by atoms with Gasteiger partial charge in [0, 0.05) is 30.8 Å². The summed E-state index contributed by atoms with van der Waals surface area (Å²) in [6.45, 7) is 5.41. The van der Waals surface area contributed by atoms with Gasteiger partial charge in [0.25, 0.3) is 0 Å². The van der Waals surface area contributed by atoms with Gasteiger partial charge in [-0.15, -0.1) is 0 Å². The monoisotopic (exact) mass is 414 g/mol. The number of hydrogen-bond acceptors (Lipinski definition) is 4. The van der Waals surface area contributed by atoms with Crippen molar-refractivity contribution < 1.29 is 23.5 Å². The van der Waals surface area contributed by atoms with Gasteiger partial charge in [0.1, 0.15) is 11.5 Å². The number of nitrogens with zero attached hydrogens (tertiary/aromatic N) is 2. The van der Waals surface area contributed by atoms with E-state index in [9.17, 15) is 18.8 Å². The van der Waals surface area contributed by atoms with Crippen molar-refractivity contribution in [1.29, 1.82) is 0 Å². The number of amides is 1. The fourth-order valence-electron chi connectivity index (χ4n) is 3.83. The lowest BCUT2D eigenvalue weighted by Gasteiger charge is -2.29. The smallest absolute Gasteiger partial charge is 0.354 e. The molecule has 1 amide bonds. The molecule has 0 N–H and O–H groups in total. The van der Waals surface area contributed by atoms with Crippen molar-refractivity contribution in [3.05, 3.63) is 58.2 Å². The largest absolute Gasteiger partial charge is 0.464 e. The fourth-order valence-corrected chi connectivity index (χ4v) is 3.83. The van der Waals surface area contributed by atoms with Crippen LogP contribution in [0.5, 0.6) is 0 Å². The summed E-state index contributed by atoms with van der Waals surface area (Å²) < 4.78 is 19.8. The van der Waals surface area contributed by atoms with Crippen molar-refractivity contribution in [1.82, 2.24) is 9.47 Å². The van der Waals surface area contributed by atoms with Crippen LogP contribution in [0.2, 0.25) is 0 Å². The van der Waals surface area contributed by atoms with Crippen molar-refractivity contribution in [2.45, 2.75) is 46.2 Å². The molecule has 1 fully saturated rings. The molecule has 0 radical (unpaired) electrons. The topological polar surface area (TPSA) is 68.6 Å². The van der Waals surface area contributed by atoms with E-state index in [1.807, 2.05) is 0 Å². The quantitative estimate of drug-likeness (QED) is 0.513. The highest BCUT2D eigenvalue weighted by atomic mass is 19.1. The van der Waals surface area contributed by atoms with Gasteiger partial charge in [-0.3, -0.25) is 9.59 Å². The number of halogens is 1. The molecule has 0 spiro atoms. The first-order valence-corrected chi connectivity index (χ1v) is 10.0. The number of carbonyl (C=O) groups is 3. The van der Waals surface area contributed by atoms with Gasteiger partial charge in [-0.25, -0.2) is 9.18 Å². The molecule has 1 heterocycles. The number of Topliss-reactive ketones (excluding diaryl/α,β-unsaturated/α-hetero) is 1. The molecule has 6 nitrogen and oxygen atoms in total. The van der Waals surface area contributed by atoms with E-state index in [4.69, 9.17) is 4.74 Å². The highest BCUT2D eigenvalue weighted by Crippen LogP contribution is 2.33. The number of carbonyl (C=O) groups excluding carboxylic acids is 3. The zero-order chi connectivity index (χ0) is 22.2. The van der Waals surface area contributed by atoms with Gasteiger partial charge < -0.3 is 14.2 Å². The second kappa shape index (κ2) is 8.42. The lowest BCUT2D eigenvalue weighted by atomic mass is 9.99. The second-order valence-corrected chi connectivity index (χ2v) is 7.89. The molecule has 3 rings (SSSR count). The fraction of sp³-hybridized carbons (Fsp3) is 0.435. The van der Waals surface area contributed by atoms with Crippen molar-refractivity contribution in [2.75, 3.05) is 7.11 Å². The molecule has 1 atom stereocenters. The van der Waals surface area contributed by atoms with Crippen LogP contribution < -0.4 is 0 Å². The molecule has 30 heavy (non-hydrogen) atoms. The summed E-state index contributed by atoms with van der Waals surface area (Å²) in [5, 5.41) is 0. The number of aromatic nitrogens is 1. The van der Waals surface area contributed by atoms with Gasteiger partial charge in [-0.05, 0) is 56.9 Å². The van der Waals surface area contributed by atoms with Gasteiger partial charge in [0.2, 0.25) is 5.91 Å². The number of esters is 1. The summed E-state index contributed by atoms with van der Waals surface area (Å²) >= 11 is 0. The van der Waals surface area contributed by atoms with Crippen LogP contribution in [0.3, 0.4) is 0 Å². The minimum absolute atomic E-state index is 0.0655. The van der Waals surface area contributed by atoms with Crippen LogP contribution in [-0.4, -0.2) is 40.3 Å². The summed E-state index contributed by atoms with van der Waals surface area (Å²) in [7, 11) is 3.01. The lowest BCUT2D eigenvalue weighted by molar-refractivity contribution is -0.134. The average molecular weight is 414 g/mol. The summed E-state index contributed by atoms with van der Waals surface area (Å²) in [5.41, 5.74) is 2.69. The third-order valence-electron chi connectivity index (χ3n) is 5.88. The number of methoxy groups -OCH3 is 1. The zero-order valence-corrected chi connectivity index (χ0v) is 18.0. The molecule has 0 bridgehead atoms. The number of ketones is 1. The maximum atomic E-state index is 13.5. The summed E-state index contributed by atoms with van der Waals surface area (Å²) in [5.74, 6) is -1.23. The maximum Gasteiger partial charge on any atom is 0.354 e. The van der Waals surface area contributed by atoms with Gasteiger partial charge in [-0.1, -0.05) is 12.1 Å². The minimum atomic E-state index is -0.728. The molecule has 1 saturated carbocycles. The molecule has 0 aliphatic heterocycles. The van der Waals surface area contributed by atoms with Crippen LogP contribution in [0, 0.1) is 25.6 Å². The van der Waals surface area contributed by atoms with Crippen molar-refractivity contribution >= 4 is 17.7 Å². The molecule has 7 heteroatoms. The molecular formula is C23H27FN2O4. The maximum absolute atomic E-state index is 13.5. The van der Waals surface area contributed by atoms with E-state index >= 15 is 0 Å². The Labute approximate surface area is 175 Å². The van der Waals surface area contributed by atoms with Gasteiger partial charge in [-0.2, -0.15) is 0 Å². The predicted molar refractivity (Wildman–Crippen MR) is 110 cm³/mol. The molecule has 2 aromatic rings. The Balaban J connectivity index is 1.95. The Hall–Kier alpha value is -2.96. The molecular weight excluding hydrogens is 387 g/mol. The van der Waals surface area contributed by atoms with E-state index in [1.54, 1.807) is 49.4 Å². The third-order valence-corrected chi connectivity index (χ3v) is 5.88. The Bertz CT molecular complexity index is 990. The number of ether oxygens (including phenoxy) is 1. The lowest BCUT2D eigenvalue weighted by Crippen LogP contribution is -2.43. The number of hydrogen-bond donors (Lipinski definition) is 0. The van der Waals surface area contributed by atoms with Crippen molar-refractivity contribution in [2.24, 2.45) is 13.0 Å². The summed E-state index contributed by atoms with van der Waals surface area (Å²) in [4.78, 5) is 40.2. The van der Waals surface area contributed by atoms with Gasteiger partial charge >= 0.3 is 5.97 Å². The van der Waals surface area contributed by atoms with Crippen LogP contribution in [-0.2, 0) is 23.1 Å². The Morgan fingerprint density at radius 3 is 2.33 bits per heavy atom. The molecule has 1 aromatic heterocycles. The highest BCUT2D eigenvalue weighted by molar-refractivity contribution is 6.06. The second-order valence-electron chi connectivity index (χ2n) is 7.89. The van der Waals surface area contributed by atoms with Crippen LogP contribution in [0.4, 0.5) is 4.39 Å². The van der Waals surface area contributed by atoms with E-state index in [-0.39, 0.29) is 30.0 Å². The predicted octanol–water partition coefficient (Wildman–Crippen LogP) is 3.58. The Morgan fingerprint density at radius 1 is 1.20 bits per heavy atom. The van der Waals surface area contributed by atoms with Crippen molar-refractivity contribution in [3.8, 4) is 0 Å². The van der Waals surface area contributed by atoms with Gasteiger partial charge in [0.05, 0.1) is 13.2 Å². The summed E-state index contributed by atoms with van der Waals surface area (Å²) in [6.07, 6.45) is 1.63. The van der Waals surface area contributed by atoms with E-state index in [0.29, 0.717) is 22.5 Å². The van der Waals surface area contributed by atoms with Crippen LogP contribution >= 0.6 is 0 Å². The molecule has 1 aromatic carbocycles. The van der Waals surface area contributed by atoms with E-state index in [2.05, 4.69) is 0 Å². The van der Waals surface area contributed by atoms with E-state index in [0.717, 1.165) is 18.4 Å². The van der Waals surface area contributed by atoms with Crippen molar-refractivity contribution in [3.63, 3.8) is 0 Å². The molecule has 0 saturated heterocycles. The highest BCUT2D eigenvalue weighted by Gasteiger charge is 2.38. The molecule has 1 aliphatic rings. The average Bonchev–Trinajstić information content (AvgIpc) is 3.54. The standard InChI is InChI=1S/C23H27FN2O4/c1-13-19(14(2)25(4)20(13)23(29)30-5)21(27)15(3)26(22(28)17-8-9-17)12-16-6-10-18(24)11-7-16/h6-7,10-11,15,17H,8-9,12H2,1-5H3/t15-/m1/s1. The normalized spacial score (nSPS) is 14.3. The molecule has 0 unspecified atom stereocenters. The minimum Gasteiger partial charge on any atom is -0.464 e. The SMILES string of the molecule is COC(=O)c1c(C)c(C(=O)[C@@H](C)N(Cc2ccc(F)cc2)C(=O)C2CC2)c(C)n1C. The molecule has 1 aliphatic carbocycles. The summed E-state index contributed by atoms with van der Waals surface area (Å²) in [6, 6.07) is 5.20. The van der Waals surface area contributed by atoms with Crippen LogP contribution in [0.1, 0.15) is 57.4 Å². The number of benzene rings is 1. The zero-order valence-electron chi connectivity index (χ0n) is 18.0. The first-order chi connectivity index (χ1) is 14.2. The van der Waals surface area contributed by atoms with Crippen LogP contribution in [0.15, 0.2) is 24.3 Å². The first-order valence-electron chi connectivity index (χ1n) is 10.0. The van der Waals surface area contributed by atoms with Gasteiger partial charge in [0.15, 0.2) is 5.78 Å². The van der Waals surface area contributed by atoms with E-state index < -0.39 is 12.0 Å². The Kier molecular flexibility index (Phi) is 6.10. The third kappa shape index (κ3) is 4.01. The Morgan fingerprint density at radius 2 is 1.80 bits per heavy atom. The van der Waals surface area contributed by atoms with Crippen LogP contribution in [0.25, 0.3) is 0 Å². The number of rotatable bonds is 7. The first kappa shape index (κ1) is 21.7. The molecule has 160 valence electrons. The van der Waals surface area contributed by atoms with E-state index in [1.165, 1.54) is 19.2 Å².